The first-order valence-electron chi connectivity index (χ1n) is 7.51. The third-order valence-corrected chi connectivity index (χ3v) is 3.23. The van der Waals surface area contributed by atoms with Crippen LogP contribution in [0.3, 0.4) is 0 Å². The second kappa shape index (κ2) is 8.57. The SMILES string of the molecule is COc1ccc(OCCNC(=O)C(=O)Nc2ccc(C)cc2)cc1. The van der Waals surface area contributed by atoms with Gasteiger partial charge in [0, 0.05) is 5.69 Å². The molecule has 2 rings (SSSR count). The third kappa shape index (κ3) is 5.31. The summed E-state index contributed by atoms with van der Waals surface area (Å²) >= 11 is 0. The number of rotatable bonds is 6. The molecule has 0 heterocycles. The first-order chi connectivity index (χ1) is 11.6. The molecule has 0 aliphatic heterocycles. The largest absolute Gasteiger partial charge is 0.497 e. The van der Waals surface area contributed by atoms with E-state index in [0.29, 0.717) is 11.4 Å². The molecule has 0 aliphatic rings. The normalized spacial score (nSPS) is 9.92. The Hall–Kier alpha value is -3.02. The Morgan fingerprint density at radius 2 is 1.54 bits per heavy atom. The highest BCUT2D eigenvalue weighted by Crippen LogP contribution is 2.16. The number of carbonyl (C=O) groups is 2. The maximum Gasteiger partial charge on any atom is 0.313 e. The topological polar surface area (TPSA) is 76.7 Å². The number of hydrogen-bond donors (Lipinski definition) is 2. The number of anilines is 1. The van der Waals surface area contributed by atoms with Crippen LogP contribution in [0.15, 0.2) is 48.5 Å². The van der Waals surface area contributed by atoms with E-state index >= 15 is 0 Å². The van der Waals surface area contributed by atoms with Gasteiger partial charge in [-0.3, -0.25) is 9.59 Å². The fourth-order valence-electron chi connectivity index (χ4n) is 1.91. The van der Waals surface area contributed by atoms with Gasteiger partial charge in [0.2, 0.25) is 0 Å². The number of aryl methyl sites for hydroxylation is 1. The van der Waals surface area contributed by atoms with Crippen molar-refractivity contribution in [1.29, 1.82) is 0 Å². The Morgan fingerprint density at radius 1 is 0.917 bits per heavy atom. The highest BCUT2D eigenvalue weighted by Gasteiger charge is 2.12. The number of ether oxygens (including phenoxy) is 2. The molecule has 6 heteroatoms. The lowest BCUT2D eigenvalue weighted by Gasteiger charge is -2.09. The molecule has 0 bridgehead atoms. The van der Waals surface area contributed by atoms with Gasteiger partial charge in [0.25, 0.3) is 0 Å². The molecule has 2 amide bonds. The van der Waals surface area contributed by atoms with Gasteiger partial charge in [-0.15, -0.1) is 0 Å². The van der Waals surface area contributed by atoms with Gasteiger partial charge in [-0.05, 0) is 43.3 Å². The summed E-state index contributed by atoms with van der Waals surface area (Å²) in [7, 11) is 1.59. The van der Waals surface area contributed by atoms with E-state index in [1.165, 1.54) is 0 Å². The van der Waals surface area contributed by atoms with Crippen LogP contribution >= 0.6 is 0 Å². The number of amides is 2. The molecule has 0 aliphatic carbocycles. The van der Waals surface area contributed by atoms with Crippen LogP contribution in [0.25, 0.3) is 0 Å². The summed E-state index contributed by atoms with van der Waals surface area (Å²) in [4.78, 5) is 23.5. The van der Waals surface area contributed by atoms with Crippen LogP contribution < -0.4 is 20.1 Å². The van der Waals surface area contributed by atoms with Crippen LogP contribution in [-0.4, -0.2) is 32.1 Å². The number of carbonyl (C=O) groups excluding carboxylic acids is 2. The van der Waals surface area contributed by atoms with Crippen LogP contribution in [0.4, 0.5) is 5.69 Å². The molecule has 2 aromatic carbocycles. The number of methoxy groups -OCH3 is 1. The standard InChI is InChI=1S/C18H20N2O4/c1-13-3-5-14(6-4-13)20-18(22)17(21)19-11-12-24-16-9-7-15(23-2)8-10-16/h3-10H,11-12H2,1-2H3,(H,19,21)(H,20,22). The molecule has 0 saturated heterocycles. The molecule has 0 spiro atoms. The molecule has 2 aromatic rings. The molecule has 0 unspecified atom stereocenters. The molecule has 6 nitrogen and oxygen atoms in total. The summed E-state index contributed by atoms with van der Waals surface area (Å²) in [6.45, 7) is 2.43. The Labute approximate surface area is 140 Å². The van der Waals surface area contributed by atoms with Crippen molar-refractivity contribution in [1.82, 2.24) is 5.32 Å². The molecule has 0 radical (unpaired) electrons. The molecule has 0 aromatic heterocycles. The van der Waals surface area contributed by atoms with Crippen LogP contribution in [0.1, 0.15) is 5.56 Å². The van der Waals surface area contributed by atoms with Crippen molar-refractivity contribution < 1.29 is 19.1 Å². The van der Waals surface area contributed by atoms with Crippen molar-refractivity contribution in [3.05, 3.63) is 54.1 Å². The molecule has 2 N–H and O–H groups in total. The summed E-state index contributed by atoms with van der Waals surface area (Å²) in [5.74, 6) is -0.00482. The quantitative estimate of drug-likeness (QED) is 0.629. The van der Waals surface area contributed by atoms with Gasteiger partial charge in [0.1, 0.15) is 18.1 Å². The van der Waals surface area contributed by atoms with Crippen LogP contribution in [0, 0.1) is 6.92 Å². The van der Waals surface area contributed by atoms with E-state index < -0.39 is 11.8 Å². The first-order valence-corrected chi connectivity index (χ1v) is 7.51. The second-order valence-corrected chi connectivity index (χ2v) is 5.10. The van der Waals surface area contributed by atoms with E-state index in [0.717, 1.165) is 11.3 Å². The Balaban J connectivity index is 1.70. The van der Waals surface area contributed by atoms with E-state index in [1.54, 1.807) is 43.5 Å². The van der Waals surface area contributed by atoms with Crippen molar-refractivity contribution in [2.45, 2.75) is 6.92 Å². The fourth-order valence-corrected chi connectivity index (χ4v) is 1.91. The van der Waals surface area contributed by atoms with E-state index in [-0.39, 0.29) is 13.2 Å². The first kappa shape index (κ1) is 17.3. The minimum absolute atomic E-state index is 0.228. The zero-order chi connectivity index (χ0) is 17.4. The molecule has 0 fully saturated rings. The van der Waals surface area contributed by atoms with E-state index in [4.69, 9.17) is 9.47 Å². The summed E-state index contributed by atoms with van der Waals surface area (Å²) < 4.78 is 10.5. The van der Waals surface area contributed by atoms with Crippen molar-refractivity contribution in [3.8, 4) is 11.5 Å². The van der Waals surface area contributed by atoms with Gasteiger partial charge in [-0.2, -0.15) is 0 Å². The molecule has 0 atom stereocenters. The van der Waals surface area contributed by atoms with Gasteiger partial charge in [-0.1, -0.05) is 17.7 Å². The maximum atomic E-state index is 11.8. The van der Waals surface area contributed by atoms with Crippen molar-refractivity contribution >= 4 is 17.5 Å². The van der Waals surface area contributed by atoms with Gasteiger partial charge >= 0.3 is 11.8 Å². The second-order valence-electron chi connectivity index (χ2n) is 5.10. The minimum atomic E-state index is -0.705. The number of nitrogens with one attached hydrogen (secondary N) is 2. The zero-order valence-electron chi connectivity index (χ0n) is 13.7. The molecule has 126 valence electrons. The lowest BCUT2D eigenvalue weighted by atomic mass is 10.2. The number of benzene rings is 2. The lowest BCUT2D eigenvalue weighted by molar-refractivity contribution is -0.136. The predicted molar refractivity (Wildman–Crippen MR) is 91.3 cm³/mol. The summed E-state index contributed by atoms with van der Waals surface area (Å²) in [5.41, 5.74) is 1.66. The molecule has 24 heavy (non-hydrogen) atoms. The maximum absolute atomic E-state index is 11.8. The Bertz CT molecular complexity index is 681. The third-order valence-electron chi connectivity index (χ3n) is 3.23. The Morgan fingerprint density at radius 3 is 2.17 bits per heavy atom. The highest BCUT2D eigenvalue weighted by atomic mass is 16.5. The van der Waals surface area contributed by atoms with Crippen molar-refractivity contribution in [2.75, 3.05) is 25.6 Å². The van der Waals surface area contributed by atoms with Gasteiger partial charge in [-0.25, -0.2) is 0 Å². The summed E-state index contributed by atoms with van der Waals surface area (Å²) in [5, 5.41) is 5.04. The van der Waals surface area contributed by atoms with Crippen molar-refractivity contribution in [3.63, 3.8) is 0 Å². The van der Waals surface area contributed by atoms with Crippen molar-refractivity contribution in [2.24, 2.45) is 0 Å². The molecular weight excluding hydrogens is 308 g/mol. The summed E-state index contributed by atoms with van der Waals surface area (Å²) in [6, 6.07) is 14.3. The Kier molecular flexibility index (Phi) is 6.19. The fraction of sp³-hybridized carbons (Fsp3) is 0.222. The van der Waals surface area contributed by atoms with Crippen LogP contribution in [0.2, 0.25) is 0 Å². The molecule has 0 saturated carbocycles. The summed E-state index contributed by atoms with van der Waals surface area (Å²) in [6.07, 6.45) is 0. The lowest BCUT2D eigenvalue weighted by Crippen LogP contribution is -2.37. The smallest absolute Gasteiger partial charge is 0.313 e. The monoisotopic (exact) mass is 328 g/mol. The van der Waals surface area contributed by atoms with Gasteiger partial charge in [0.05, 0.1) is 13.7 Å². The number of hydrogen-bond acceptors (Lipinski definition) is 4. The minimum Gasteiger partial charge on any atom is -0.497 e. The van der Waals surface area contributed by atoms with Gasteiger partial charge < -0.3 is 20.1 Å². The van der Waals surface area contributed by atoms with E-state index in [2.05, 4.69) is 10.6 Å². The highest BCUT2D eigenvalue weighted by molar-refractivity contribution is 6.39. The predicted octanol–water partition coefficient (Wildman–Crippen LogP) is 2.14. The van der Waals surface area contributed by atoms with E-state index in [1.807, 2.05) is 19.1 Å². The average Bonchev–Trinajstić information content (AvgIpc) is 2.61. The zero-order valence-corrected chi connectivity index (χ0v) is 13.7. The van der Waals surface area contributed by atoms with Crippen LogP contribution in [-0.2, 0) is 9.59 Å². The van der Waals surface area contributed by atoms with Crippen LogP contribution in [0.5, 0.6) is 11.5 Å². The van der Waals surface area contributed by atoms with Gasteiger partial charge in [0.15, 0.2) is 0 Å². The van der Waals surface area contributed by atoms with E-state index in [9.17, 15) is 9.59 Å². The average molecular weight is 328 g/mol. The molecular formula is C18H20N2O4.